The van der Waals surface area contributed by atoms with E-state index in [2.05, 4.69) is 5.32 Å². The molecular formula is C12H9Cl2N3O2. The molecule has 0 heterocycles. The summed E-state index contributed by atoms with van der Waals surface area (Å²) in [4.78, 5) is 10.5. The van der Waals surface area contributed by atoms with Gasteiger partial charge in [-0.05, 0) is 30.3 Å². The van der Waals surface area contributed by atoms with Crippen molar-refractivity contribution in [3.05, 3.63) is 56.6 Å². The third-order valence-corrected chi connectivity index (χ3v) is 2.88. The van der Waals surface area contributed by atoms with E-state index >= 15 is 0 Å². The number of anilines is 3. The molecule has 98 valence electrons. The van der Waals surface area contributed by atoms with Crippen LogP contribution in [-0.4, -0.2) is 4.92 Å². The molecule has 0 aromatic heterocycles. The predicted molar refractivity (Wildman–Crippen MR) is 77.3 cm³/mol. The maximum atomic E-state index is 11.0. The molecule has 5 nitrogen and oxygen atoms in total. The van der Waals surface area contributed by atoms with E-state index in [0.29, 0.717) is 16.4 Å². The highest BCUT2D eigenvalue weighted by atomic mass is 35.5. The van der Waals surface area contributed by atoms with Crippen molar-refractivity contribution >= 4 is 46.0 Å². The van der Waals surface area contributed by atoms with Gasteiger partial charge in [-0.1, -0.05) is 29.3 Å². The highest BCUT2D eigenvalue weighted by Gasteiger charge is 2.20. The Balaban J connectivity index is 2.47. The molecule has 0 saturated heterocycles. The summed E-state index contributed by atoms with van der Waals surface area (Å²) in [7, 11) is 0. The number of nitrogens with two attached hydrogens (primary N) is 1. The normalized spacial score (nSPS) is 10.2. The summed E-state index contributed by atoms with van der Waals surface area (Å²) < 4.78 is 0. The third-order valence-electron chi connectivity index (χ3n) is 2.38. The van der Waals surface area contributed by atoms with Crippen molar-refractivity contribution in [1.82, 2.24) is 0 Å². The number of nitrogens with one attached hydrogen (secondary N) is 1. The fourth-order valence-electron chi connectivity index (χ4n) is 1.62. The minimum atomic E-state index is -0.562. The molecule has 0 saturated carbocycles. The van der Waals surface area contributed by atoms with Gasteiger partial charge in [0, 0.05) is 16.4 Å². The van der Waals surface area contributed by atoms with Gasteiger partial charge >= 0.3 is 5.69 Å². The zero-order valence-electron chi connectivity index (χ0n) is 9.56. The number of halogens is 2. The molecule has 0 aliphatic heterocycles. The average Bonchev–Trinajstić information content (AvgIpc) is 2.26. The number of nitrogens with zero attached hydrogens (tertiary/aromatic N) is 1. The third kappa shape index (κ3) is 3.07. The number of hydrogen-bond acceptors (Lipinski definition) is 4. The van der Waals surface area contributed by atoms with E-state index in [0.717, 1.165) is 0 Å². The number of nitro benzene ring substituents is 1. The molecule has 0 amide bonds. The Morgan fingerprint density at radius 1 is 1.21 bits per heavy atom. The van der Waals surface area contributed by atoms with Gasteiger partial charge in [-0.3, -0.25) is 10.1 Å². The average molecular weight is 298 g/mol. The van der Waals surface area contributed by atoms with Crippen molar-refractivity contribution in [2.75, 3.05) is 11.1 Å². The minimum absolute atomic E-state index is 0.0242. The molecule has 0 radical (unpaired) electrons. The summed E-state index contributed by atoms with van der Waals surface area (Å²) in [5.41, 5.74) is 6.79. The zero-order valence-corrected chi connectivity index (χ0v) is 11.1. The van der Waals surface area contributed by atoms with Crippen LogP contribution in [0.2, 0.25) is 10.0 Å². The zero-order chi connectivity index (χ0) is 14.0. The van der Waals surface area contributed by atoms with Crippen LogP contribution in [0, 0.1) is 10.1 Å². The Kier molecular flexibility index (Phi) is 3.78. The minimum Gasteiger partial charge on any atom is -0.399 e. The highest BCUT2D eigenvalue weighted by Crippen LogP contribution is 2.37. The summed E-state index contributed by atoms with van der Waals surface area (Å²) in [6.45, 7) is 0. The standard InChI is InChI=1S/C12H9Cl2N3O2/c13-7-4-10(14)12(17(18)19)11(5-7)16-9-3-1-2-8(15)6-9/h1-6,16H,15H2. The molecule has 0 aliphatic rings. The topological polar surface area (TPSA) is 81.2 Å². The second kappa shape index (κ2) is 5.34. The maximum absolute atomic E-state index is 11.0. The smallest absolute Gasteiger partial charge is 0.311 e. The Labute approximate surface area is 119 Å². The number of hydrogen-bond donors (Lipinski definition) is 2. The first-order valence-electron chi connectivity index (χ1n) is 5.23. The van der Waals surface area contributed by atoms with Gasteiger partial charge in [0.25, 0.3) is 0 Å². The maximum Gasteiger partial charge on any atom is 0.311 e. The first-order chi connectivity index (χ1) is 8.97. The molecule has 0 aliphatic carbocycles. The lowest BCUT2D eigenvalue weighted by Gasteiger charge is -2.09. The van der Waals surface area contributed by atoms with E-state index in [4.69, 9.17) is 28.9 Å². The van der Waals surface area contributed by atoms with Crippen LogP contribution >= 0.6 is 23.2 Å². The molecule has 0 spiro atoms. The monoisotopic (exact) mass is 297 g/mol. The second-order valence-corrected chi connectivity index (χ2v) is 4.63. The first kappa shape index (κ1) is 13.5. The Bertz CT molecular complexity index is 647. The molecule has 2 aromatic rings. The van der Waals surface area contributed by atoms with Gasteiger partial charge in [0.15, 0.2) is 0 Å². The van der Waals surface area contributed by atoms with E-state index in [9.17, 15) is 10.1 Å². The van der Waals surface area contributed by atoms with E-state index in [1.165, 1.54) is 12.1 Å². The SMILES string of the molecule is Nc1cccc(Nc2cc(Cl)cc(Cl)c2[N+](=O)[O-])c1. The Morgan fingerprint density at radius 3 is 2.58 bits per heavy atom. The quantitative estimate of drug-likeness (QED) is 0.505. The molecule has 19 heavy (non-hydrogen) atoms. The molecule has 2 aromatic carbocycles. The lowest BCUT2D eigenvalue weighted by Crippen LogP contribution is -1.98. The van der Waals surface area contributed by atoms with Crippen LogP contribution in [0.3, 0.4) is 0 Å². The van der Waals surface area contributed by atoms with Crippen LogP contribution in [0.15, 0.2) is 36.4 Å². The summed E-state index contributed by atoms with van der Waals surface area (Å²) >= 11 is 11.7. The van der Waals surface area contributed by atoms with Crippen molar-refractivity contribution in [2.24, 2.45) is 0 Å². The lowest BCUT2D eigenvalue weighted by molar-refractivity contribution is -0.383. The molecular weight excluding hydrogens is 289 g/mol. The van der Waals surface area contributed by atoms with Crippen LogP contribution in [0.25, 0.3) is 0 Å². The first-order valence-corrected chi connectivity index (χ1v) is 5.99. The largest absolute Gasteiger partial charge is 0.399 e. The van der Waals surface area contributed by atoms with Crippen LogP contribution < -0.4 is 11.1 Å². The van der Waals surface area contributed by atoms with Crippen molar-refractivity contribution in [3.63, 3.8) is 0 Å². The van der Waals surface area contributed by atoms with Crippen LogP contribution in [0.1, 0.15) is 0 Å². The number of benzene rings is 2. The molecule has 0 fully saturated rings. The van der Waals surface area contributed by atoms with Gasteiger partial charge in [-0.25, -0.2) is 0 Å². The second-order valence-electron chi connectivity index (χ2n) is 3.79. The summed E-state index contributed by atoms with van der Waals surface area (Å²) in [6.07, 6.45) is 0. The molecule has 0 bridgehead atoms. The van der Waals surface area contributed by atoms with Crippen LogP contribution in [0.4, 0.5) is 22.7 Å². The van der Waals surface area contributed by atoms with E-state index in [1.807, 2.05) is 0 Å². The highest BCUT2D eigenvalue weighted by molar-refractivity contribution is 6.36. The van der Waals surface area contributed by atoms with Gasteiger partial charge in [0.1, 0.15) is 10.7 Å². The van der Waals surface area contributed by atoms with Crippen molar-refractivity contribution in [2.45, 2.75) is 0 Å². The predicted octanol–water partition coefficient (Wildman–Crippen LogP) is 4.23. The van der Waals surface area contributed by atoms with Gasteiger partial charge in [-0.15, -0.1) is 0 Å². The van der Waals surface area contributed by atoms with Crippen LogP contribution in [-0.2, 0) is 0 Å². The summed E-state index contributed by atoms with van der Waals surface area (Å²) in [5, 5.41) is 14.2. The summed E-state index contributed by atoms with van der Waals surface area (Å²) in [6, 6.07) is 9.59. The molecule has 3 N–H and O–H groups in total. The number of rotatable bonds is 3. The Hall–Kier alpha value is -1.98. The molecule has 7 heteroatoms. The Morgan fingerprint density at radius 2 is 1.95 bits per heavy atom. The summed E-state index contributed by atoms with van der Waals surface area (Å²) in [5.74, 6) is 0. The number of nitrogen functional groups attached to an aromatic ring is 1. The number of nitro groups is 1. The van der Waals surface area contributed by atoms with E-state index < -0.39 is 4.92 Å². The lowest BCUT2D eigenvalue weighted by atomic mass is 10.2. The molecule has 0 atom stereocenters. The molecule has 2 rings (SSSR count). The van der Waals surface area contributed by atoms with Gasteiger partial charge in [-0.2, -0.15) is 0 Å². The van der Waals surface area contributed by atoms with Gasteiger partial charge in [0.2, 0.25) is 0 Å². The van der Waals surface area contributed by atoms with E-state index in [-0.39, 0.29) is 16.4 Å². The fourth-order valence-corrected chi connectivity index (χ4v) is 2.18. The van der Waals surface area contributed by atoms with Gasteiger partial charge in [0.05, 0.1) is 4.92 Å². The molecule has 0 unspecified atom stereocenters. The van der Waals surface area contributed by atoms with Crippen LogP contribution in [0.5, 0.6) is 0 Å². The van der Waals surface area contributed by atoms with Crippen molar-refractivity contribution in [3.8, 4) is 0 Å². The van der Waals surface area contributed by atoms with Crippen molar-refractivity contribution in [1.29, 1.82) is 0 Å². The fraction of sp³-hybridized carbons (Fsp3) is 0. The van der Waals surface area contributed by atoms with Crippen molar-refractivity contribution < 1.29 is 4.92 Å². The van der Waals surface area contributed by atoms with Gasteiger partial charge < -0.3 is 11.1 Å². The van der Waals surface area contributed by atoms with E-state index in [1.54, 1.807) is 24.3 Å².